The minimum absolute atomic E-state index is 0.0720. The number of unbranched alkanes of at least 4 members (excludes halogenated alkanes) is 41. The Kier molecular flexibility index (Phi) is 68.2. The van der Waals surface area contributed by atoms with Gasteiger partial charge in [-0.15, -0.1) is 0 Å². The maximum Gasteiger partial charge on any atom is 0.306 e. The van der Waals surface area contributed by atoms with Gasteiger partial charge < -0.3 is 14.2 Å². The maximum absolute atomic E-state index is 12.9. The summed E-state index contributed by atoms with van der Waals surface area (Å²) in [6.07, 6.45) is 95.3. The van der Waals surface area contributed by atoms with Crippen LogP contribution in [0.4, 0.5) is 0 Å². The van der Waals surface area contributed by atoms with Crippen molar-refractivity contribution in [2.75, 3.05) is 13.2 Å². The van der Waals surface area contributed by atoms with E-state index >= 15 is 0 Å². The summed E-state index contributed by atoms with van der Waals surface area (Å²) in [5, 5.41) is 0. The minimum Gasteiger partial charge on any atom is -0.462 e. The molecule has 0 saturated carbocycles. The first kappa shape index (κ1) is 79.6. The van der Waals surface area contributed by atoms with Crippen LogP contribution in [0, 0.1) is 0 Å². The Balaban J connectivity index is 3.94. The maximum atomic E-state index is 12.9. The Labute approximate surface area is 515 Å². The van der Waals surface area contributed by atoms with Crippen LogP contribution in [0.15, 0.2) is 85.1 Å². The fourth-order valence-corrected chi connectivity index (χ4v) is 10.5. The molecule has 480 valence electrons. The highest BCUT2D eigenvalue weighted by Gasteiger charge is 2.19. The van der Waals surface area contributed by atoms with Gasteiger partial charge in [0.2, 0.25) is 0 Å². The summed E-state index contributed by atoms with van der Waals surface area (Å²) >= 11 is 0. The van der Waals surface area contributed by atoms with E-state index in [9.17, 15) is 14.4 Å². The Bertz CT molecular complexity index is 1570. The zero-order valence-electron chi connectivity index (χ0n) is 55.2. The number of rotatable bonds is 66. The first-order valence-corrected chi connectivity index (χ1v) is 36.1. The van der Waals surface area contributed by atoms with Crippen molar-refractivity contribution in [3.05, 3.63) is 85.1 Å². The molecule has 0 aliphatic heterocycles. The zero-order valence-corrected chi connectivity index (χ0v) is 55.2. The predicted octanol–water partition coefficient (Wildman–Crippen LogP) is 25.0. The average molecular weight is 1160 g/mol. The minimum atomic E-state index is -0.772. The molecule has 0 bridgehead atoms. The van der Waals surface area contributed by atoms with Gasteiger partial charge in [-0.05, 0) is 96.3 Å². The van der Waals surface area contributed by atoms with Crippen molar-refractivity contribution in [3.8, 4) is 0 Å². The smallest absolute Gasteiger partial charge is 0.306 e. The van der Waals surface area contributed by atoms with Gasteiger partial charge in [0.25, 0.3) is 0 Å². The normalized spacial score (nSPS) is 12.6. The van der Waals surface area contributed by atoms with Gasteiger partial charge in [0.05, 0.1) is 0 Å². The van der Waals surface area contributed by atoms with Crippen molar-refractivity contribution in [1.29, 1.82) is 0 Å². The third kappa shape index (κ3) is 69.3. The van der Waals surface area contributed by atoms with Crippen molar-refractivity contribution in [1.82, 2.24) is 0 Å². The van der Waals surface area contributed by atoms with E-state index in [0.717, 1.165) is 103 Å². The quantitative estimate of drug-likeness (QED) is 0.0261. The molecule has 0 aromatic rings. The number of carbonyl (C=O) groups is 3. The summed E-state index contributed by atoms with van der Waals surface area (Å²) in [7, 11) is 0. The molecule has 6 heteroatoms. The van der Waals surface area contributed by atoms with Crippen molar-refractivity contribution in [2.45, 2.75) is 374 Å². The third-order valence-electron chi connectivity index (χ3n) is 15.9. The van der Waals surface area contributed by atoms with Gasteiger partial charge in [0, 0.05) is 19.3 Å². The van der Waals surface area contributed by atoms with E-state index in [0.29, 0.717) is 19.3 Å². The average Bonchev–Trinajstić information content (AvgIpc) is 3.48. The van der Waals surface area contributed by atoms with Crippen LogP contribution in [0.25, 0.3) is 0 Å². The summed E-state index contributed by atoms with van der Waals surface area (Å²) in [6, 6.07) is 0. The van der Waals surface area contributed by atoms with E-state index in [4.69, 9.17) is 14.2 Å². The standard InChI is InChI=1S/C77H136O6/c1-4-7-10-13-15-17-19-21-23-25-27-29-31-33-35-37-38-40-41-43-45-47-49-51-53-55-57-59-61-64-67-70-76(79)82-73-74(72-81-75(78)69-66-63-12-9-6-3)83-77(80)71-68-65-62-60-58-56-54-52-50-48-46-44-42-39-36-34-32-30-28-26-24-22-20-18-16-14-11-8-5-2/h8,11,16,18-19,21-22,24-25,27-28,30-31,33,74H,4-7,9-10,12-15,17,20,23,26,29,32,34-73H2,1-3H3/b11-8-,18-16-,21-19-,24-22-,27-25-,30-28-,33-31-. The molecular weight excluding hydrogens is 1020 g/mol. The first-order chi connectivity index (χ1) is 41.0. The van der Waals surface area contributed by atoms with E-state index in [2.05, 4.69) is 106 Å². The van der Waals surface area contributed by atoms with Gasteiger partial charge in [0.15, 0.2) is 6.10 Å². The van der Waals surface area contributed by atoms with E-state index in [1.165, 1.54) is 225 Å². The molecule has 0 aromatic carbocycles. The molecule has 0 amide bonds. The van der Waals surface area contributed by atoms with Crippen LogP contribution < -0.4 is 0 Å². The molecule has 0 fully saturated rings. The molecule has 1 atom stereocenters. The lowest BCUT2D eigenvalue weighted by molar-refractivity contribution is -0.167. The number of allylic oxidation sites excluding steroid dienone is 14. The number of hydrogen-bond acceptors (Lipinski definition) is 6. The number of carbonyl (C=O) groups excluding carboxylic acids is 3. The molecule has 0 heterocycles. The van der Waals surface area contributed by atoms with Gasteiger partial charge in [-0.2, -0.15) is 0 Å². The second kappa shape index (κ2) is 71.1. The lowest BCUT2D eigenvalue weighted by atomic mass is 10.0. The highest BCUT2D eigenvalue weighted by atomic mass is 16.6. The molecule has 0 aliphatic carbocycles. The van der Waals surface area contributed by atoms with Crippen LogP contribution in [0.3, 0.4) is 0 Å². The molecule has 6 nitrogen and oxygen atoms in total. The molecule has 1 unspecified atom stereocenters. The zero-order chi connectivity index (χ0) is 59.9. The van der Waals surface area contributed by atoms with Crippen LogP contribution in [0.1, 0.15) is 367 Å². The monoisotopic (exact) mass is 1160 g/mol. The van der Waals surface area contributed by atoms with Gasteiger partial charge >= 0.3 is 17.9 Å². The number of ether oxygens (including phenoxy) is 3. The molecule has 0 N–H and O–H groups in total. The third-order valence-corrected chi connectivity index (χ3v) is 15.9. The highest BCUT2D eigenvalue weighted by molar-refractivity contribution is 5.71. The summed E-state index contributed by atoms with van der Waals surface area (Å²) in [6.45, 7) is 6.48. The van der Waals surface area contributed by atoms with Gasteiger partial charge in [-0.1, -0.05) is 337 Å². The summed E-state index contributed by atoms with van der Waals surface area (Å²) in [4.78, 5) is 38.1. The lowest BCUT2D eigenvalue weighted by Crippen LogP contribution is -2.30. The van der Waals surface area contributed by atoms with Crippen molar-refractivity contribution >= 4 is 17.9 Å². The lowest BCUT2D eigenvalue weighted by Gasteiger charge is -2.18. The van der Waals surface area contributed by atoms with E-state index < -0.39 is 6.10 Å². The SMILES string of the molecule is CC/C=C\C/C=C\C/C=C\C/C=C\CCCCCCCCCCCCCCCCCCC(=O)OC(COC(=O)CCCCCCC)COC(=O)CCCCCCCCCCCCCCCCCC/C=C\C/C=C\C/C=C\CCCCCCC. The summed E-state index contributed by atoms with van der Waals surface area (Å²) in [5.41, 5.74) is 0. The van der Waals surface area contributed by atoms with Crippen molar-refractivity contribution in [2.24, 2.45) is 0 Å². The second-order valence-corrected chi connectivity index (χ2v) is 24.1. The van der Waals surface area contributed by atoms with Crippen LogP contribution in [0.5, 0.6) is 0 Å². The van der Waals surface area contributed by atoms with E-state index in [-0.39, 0.29) is 31.1 Å². The summed E-state index contributed by atoms with van der Waals surface area (Å²) < 4.78 is 16.8. The Morgan fingerprint density at radius 3 is 0.735 bits per heavy atom. The van der Waals surface area contributed by atoms with Crippen LogP contribution >= 0.6 is 0 Å². The molecule has 0 aromatic heterocycles. The second-order valence-electron chi connectivity index (χ2n) is 24.1. The van der Waals surface area contributed by atoms with Crippen LogP contribution in [0.2, 0.25) is 0 Å². The Morgan fingerprint density at radius 1 is 0.253 bits per heavy atom. The molecule has 0 aliphatic rings. The van der Waals surface area contributed by atoms with Gasteiger partial charge in [-0.25, -0.2) is 0 Å². The predicted molar refractivity (Wildman–Crippen MR) is 362 cm³/mol. The number of esters is 3. The molecule has 83 heavy (non-hydrogen) atoms. The molecule has 0 radical (unpaired) electrons. The van der Waals surface area contributed by atoms with Gasteiger partial charge in [-0.3, -0.25) is 14.4 Å². The first-order valence-electron chi connectivity index (χ1n) is 36.1. The number of hydrogen-bond donors (Lipinski definition) is 0. The van der Waals surface area contributed by atoms with E-state index in [1.54, 1.807) is 0 Å². The van der Waals surface area contributed by atoms with Crippen LogP contribution in [-0.4, -0.2) is 37.2 Å². The molecule has 0 saturated heterocycles. The van der Waals surface area contributed by atoms with Crippen LogP contribution in [-0.2, 0) is 28.6 Å². The molecule has 0 rings (SSSR count). The van der Waals surface area contributed by atoms with Crippen molar-refractivity contribution < 1.29 is 28.6 Å². The molecular formula is C77H136O6. The van der Waals surface area contributed by atoms with Crippen molar-refractivity contribution in [3.63, 3.8) is 0 Å². The summed E-state index contributed by atoms with van der Waals surface area (Å²) in [5.74, 6) is -0.868. The fraction of sp³-hybridized carbons (Fsp3) is 0.779. The highest BCUT2D eigenvalue weighted by Crippen LogP contribution is 2.18. The van der Waals surface area contributed by atoms with Gasteiger partial charge in [0.1, 0.15) is 13.2 Å². The Morgan fingerprint density at radius 2 is 0.470 bits per heavy atom. The topological polar surface area (TPSA) is 78.9 Å². The molecule has 0 spiro atoms. The Hall–Kier alpha value is -3.41. The fourth-order valence-electron chi connectivity index (χ4n) is 10.5. The largest absolute Gasteiger partial charge is 0.462 e. The van der Waals surface area contributed by atoms with E-state index in [1.807, 2.05) is 0 Å².